The van der Waals surface area contributed by atoms with Crippen LogP contribution in [0.15, 0.2) is 0 Å². The molecule has 0 unspecified atom stereocenters. The molecule has 0 amide bonds. The van der Waals surface area contributed by atoms with Crippen molar-refractivity contribution in [2.45, 2.75) is 52.9 Å². The van der Waals surface area contributed by atoms with Gasteiger partial charge in [0.05, 0.1) is 12.2 Å². The Morgan fingerprint density at radius 3 is 1.83 bits per heavy atom. The lowest BCUT2D eigenvalue weighted by atomic mass is 10.3. The van der Waals surface area contributed by atoms with E-state index in [1.165, 1.54) is 0 Å². The molecule has 0 radical (unpaired) electrons. The van der Waals surface area contributed by atoms with E-state index in [9.17, 15) is 4.79 Å². The minimum absolute atomic E-state index is 0.0553. The van der Waals surface area contributed by atoms with Crippen LogP contribution in [0.2, 0.25) is 0 Å². The first-order valence-corrected chi connectivity index (χ1v) is 4.29. The maximum absolute atomic E-state index is 11.1. The zero-order chi connectivity index (χ0) is 9.72. The van der Waals surface area contributed by atoms with Crippen molar-refractivity contribution in [3.05, 3.63) is 0 Å². The summed E-state index contributed by atoms with van der Waals surface area (Å²) in [4.78, 5) is 11.1. The molecule has 0 aliphatic carbocycles. The van der Waals surface area contributed by atoms with Gasteiger partial charge in [0, 0.05) is 0 Å². The lowest BCUT2D eigenvalue weighted by Gasteiger charge is -2.16. The second kappa shape index (κ2) is 5.14. The predicted molar refractivity (Wildman–Crippen MR) is 46.9 cm³/mol. The molecule has 0 aromatic carbocycles. The Labute approximate surface area is 74.0 Å². The second-order valence-corrected chi connectivity index (χ2v) is 3.31. The molecule has 0 saturated carbocycles. The van der Waals surface area contributed by atoms with Gasteiger partial charge in [0.2, 0.25) is 0 Å². The van der Waals surface area contributed by atoms with Gasteiger partial charge in [0.1, 0.15) is 0 Å². The fourth-order valence-corrected chi connectivity index (χ4v) is 0.792. The van der Waals surface area contributed by atoms with E-state index < -0.39 is 6.10 Å². The lowest BCUT2D eigenvalue weighted by Crippen LogP contribution is -2.28. The Morgan fingerprint density at radius 1 is 1.00 bits per heavy atom. The van der Waals surface area contributed by atoms with Crippen molar-refractivity contribution in [2.75, 3.05) is 0 Å². The van der Waals surface area contributed by atoms with Crippen LogP contribution in [0.1, 0.15) is 34.6 Å². The van der Waals surface area contributed by atoms with E-state index in [1.54, 1.807) is 6.92 Å². The van der Waals surface area contributed by atoms with Crippen molar-refractivity contribution in [1.82, 2.24) is 0 Å². The highest BCUT2D eigenvalue weighted by molar-refractivity contribution is 5.74. The smallest absolute Gasteiger partial charge is 0.335 e. The minimum Gasteiger partial charge on any atom is -0.461 e. The molecule has 0 heterocycles. The van der Waals surface area contributed by atoms with E-state index >= 15 is 0 Å². The van der Waals surface area contributed by atoms with Crippen molar-refractivity contribution in [1.29, 1.82) is 0 Å². The van der Waals surface area contributed by atoms with Gasteiger partial charge in [-0.15, -0.1) is 0 Å². The maximum Gasteiger partial charge on any atom is 0.335 e. The van der Waals surface area contributed by atoms with Gasteiger partial charge in [-0.2, -0.15) is 0 Å². The summed E-state index contributed by atoms with van der Waals surface area (Å²) in [5, 5.41) is 0. The molecule has 3 heteroatoms. The van der Waals surface area contributed by atoms with Crippen LogP contribution in [0.5, 0.6) is 0 Å². The van der Waals surface area contributed by atoms with E-state index in [-0.39, 0.29) is 18.2 Å². The largest absolute Gasteiger partial charge is 0.461 e. The molecule has 0 spiro atoms. The van der Waals surface area contributed by atoms with Gasteiger partial charge in [0.25, 0.3) is 0 Å². The Kier molecular flexibility index (Phi) is 4.90. The van der Waals surface area contributed by atoms with E-state index in [2.05, 4.69) is 0 Å². The number of carbonyl (C=O) groups excluding carboxylic acids is 1. The third kappa shape index (κ3) is 5.13. The van der Waals surface area contributed by atoms with Gasteiger partial charge in [-0.3, -0.25) is 0 Å². The SMILES string of the molecule is CC(C)OC(=O)[C@@H](C)OC(C)C. The molecule has 0 fully saturated rings. The van der Waals surface area contributed by atoms with Crippen molar-refractivity contribution in [3.8, 4) is 0 Å². The standard InChI is InChI=1S/C9H18O3/c1-6(2)11-8(5)9(10)12-7(3)4/h6-8H,1-5H3/t8-/m1/s1. The third-order valence-corrected chi connectivity index (χ3v) is 1.16. The number of rotatable bonds is 4. The maximum atomic E-state index is 11.1. The molecular formula is C9H18O3. The van der Waals surface area contributed by atoms with Crippen LogP contribution in [-0.2, 0) is 14.3 Å². The number of esters is 1. The van der Waals surface area contributed by atoms with Gasteiger partial charge < -0.3 is 9.47 Å². The summed E-state index contributed by atoms with van der Waals surface area (Å²) in [5.41, 5.74) is 0. The summed E-state index contributed by atoms with van der Waals surface area (Å²) >= 11 is 0. The van der Waals surface area contributed by atoms with Gasteiger partial charge in [0.15, 0.2) is 6.10 Å². The van der Waals surface area contributed by atoms with Crippen molar-refractivity contribution in [2.24, 2.45) is 0 Å². The molecule has 3 nitrogen and oxygen atoms in total. The number of hydrogen-bond donors (Lipinski definition) is 0. The summed E-state index contributed by atoms with van der Waals surface area (Å²) < 4.78 is 10.2. The highest BCUT2D eigenvalue weighted by Gasteiger charge is 2.17. The topological polar surface area (TPSA) is 35.5 Å². The van der Waals surface area contributed by atoms with Crippen LogP contribution in [0, 0.1) is 0 Å². The molecular weight excluding hydrogens is 156 g/mol. The van der Waals surface area contributed by atoms with Crippen molar-refractivity contribution >= 4 is 5.97 Å². The average molecular weight is 174 g/mol. The fourth-order valence-electron chi connectivity index (χ4n) is 0.792. The first-order valence-electron chi connectivity index (χ1n) is 4.29. The van der Waals surface area contributed by atoms with Crippen LogP contribution in [-0.4, -0.2) is 24.3 Å². The number of ether oxygens (including phenoxy) is 2. The van der Waals surface area contributed by atoms with Crippen molar-refractivity contribution in [3.63, 3.8) is 0 Å². The van der Waals surface area contributed by atoms with E-state index in [0.29, 0.717) is 0 Å². The van der Waals surface area contributed by atoms with Crippen LogP contribution in [0.4, 0.5) is 0 Å². The summed E-state index contributed by atoms with van der Waals surface area (Å²) in [6.07, 6.45) is -0.483. The normalized spacial score (nSPS) is 13.6. The Balaban J connectivity index is 3.77. The van der Waals surface area contributed by atoms with Gasteiger partial charge in [-0.25, -0.2) is 4.79 Å². The highest BCUT2D eigenvalue weighted by atomic mass is 16.6. The fraction of sp³-hybridized carbons (Fsp3) is 0.889. The summed E-state index contributed by atoms with van der Waals surface area (Å²) in [5.74, 6) is -0.293. The summed E-state index contributed by atoms with van der Waals surface area (Å²) in [6.45, 7) is 9.11. The molecule has 12 heavy (non-hydrogen) atoms. The summed E-state index contributed by atoms with van der Waals surface area (Å²) in [7, 11) is 0. The van der Waals surface area contributed by atoms with Gasteiger partial charge >= 0.3 is 5.97 Å². The summed E-state index contributed by atoms with van der Waals surface area (Å²) in [6, 6.07) is 0. The predicted octanol–water partition coefficient (Wildman–Crippen LogP) is 1.75. The lowest BCUT2D eigenvalue weighted by molar-refractivity contribution is -0.162. The van der Waals surface area contributed by atoms with Crippen LogP contribution in [0.25, 0.3) is 0 Å². The molecule has 0 N–H and O–H groups in total. The Morgan fingerprint density at radius 2 is 1.50 bits per heavy atom. The first-order chi connectivity index (χ1) is 5.43. The third-order valence-electron chi connectivity index (χ3n) is 1.16. The van der Waals surface area contributed by atoms with Crippen molar-refractivity contribution < 1.29 is 14.3 Å². The average Bonchev–Trinajstić information content (AvgIpc) is 1.84. The highest BCUT2D eigenvalue weighted by Crippen LogP contribution is 2.01. The molecule has 0 aliphatic rings. The molecule has 0 rings (SSSR count). The van der Waals surface area contributed by atoms with Gasteiger partial charge in [-0.05, 0) is 34.6 Å². The number of carbonyl (C=O) groups is 1. The number of hydrogen-bond acceptors (Lipinski definition) is 3. The first kappa shape index (κ1) is 11.4. The van der Waals surface area contributed by atoms with Crippen LogP contribution >= 0.6 is 0 Å². The molecule has 0 aliphatic heterocycles. The van der Waals surface area contributed by atoms with E-state index in [1.807, 2.05) is 27.7 Å². The van der Waals surface area contributed by atoms with E-state index in [0.717, 1.165) is 0 Å². The molecule has 0 aromatic heterocycles. The zero-order valence-corrected chi connectivity index (χ0v) is 8.46. The molecule has 0 aromatic rings. The molecule has 0 bridgehead atoms. The van der Waals surface area contributed by atoms with E-state index in [4.69, 9.17) is 9.47 Å². The molecule has 1 atom stereocenters. The molecule has 0 saturated heterocycles. The Hall–Kier alpha value is -0.570. The minimum atomic E-state index is -0.465. The van der Waals surface area contributed by atoms with Crippen LogP contribution < -0.4 is 0 Å². The quantitative estimate of drug-likeness (QED) is 0.609. The Bertz CT molecular complexity index is 141. The molecule has 72 valence electrons. The van der Waals surface area contributed by atoms with Gasteiger partial charge in [-0.1, -0.05) is 0 Å². The monoisotopic (exact) mass is 174 g/mol. The van der Waals surface area contributed by atoms with Crippen LogP contribution in [0.3, 0.4) is 0 Å². The zero-order valence-electron chi connectivity index (χ0n) is 8.46. The second-order valence-electron chi connectivity index (χ2n) is 3.31.